The summed E-state index contributed by atoms with van der Waals surface area (Å²) in [6.45, 7) is 6.54. The molecule has 0 unspecified atom stereocenters. The number of halogens is 1. The maximum atomic E-state index is 6.31. The molecule has 2 N–H and O–H groups in total. The Morgan fingerprint density at radius 2 is 2.25 bits per heavy atom. The van der Waals surface area contributed by atoms with Crippen LogP contribution in [0.5, 0.6) is 0 Å². The molecule has 104 valence electrons. The van der Waals surface area contributed by atoms with Gasteiger partial charge >= 0.3 is 0 Å². The number of nitrogens with zero attached hydrogens (tertiary/aromatic N) is 2. The standard InChI is InChI=1S/C16H18ClN3/c1-3-8-20-15(18)14(19-16(20)11-4-5-11)13-7-6-12(17)9-10(13)2/h3,6-7,9,11H,1,4-5,8,18H2,2H3. The Kier molecular flexibility index (Phi) is 3.30. The van der Waals surface area contributed by atoms with E-state index in [1.807, 2.05) is 31.2 Å². The molecule has 1 heterocycles. The molecule has 0 aliphatic heterocycles. The topological polar surface area (TPSA) is 43.8 Å². The van der Waals surface area contributed by atoms with Crippen molar-refractivity contribution in [1.29, 1.82) is 0 Å². The summed E-state index contributed by atoms with van der Waals surface area (Å²) >= 11 is 6.02. The van der Waals surface area contributed by atoms with Crippen LogP contribution >= 0.6 is 11.6 Å². The number of nitrogen functional groups attached to an aromatic ring is 1. The highest BCUT2D eigenvalue weighted by Crippen LogP contribution is 2.42. The van der Waals surface area contributed by atoms with Crippen molar-refractivity contribution in [2.24, 2.45) is 0 Å². The Bertz CT molecular complexity index is 669. The van der Waals surface area contributed by atoms with Crippen LogP contribution in [0, 0.1) is 6.92 Å². The first-order chi connectivity index (χ1) is 9.61. The molecule has 0 bridgehead atoms. The van der Waals surface area contributed by atoms with E-state index in [2.05, 4.69) is 11.1 Å². The van der Waals surface area contributed by atoms with E-state index in [-0.39, 0.29) is 0 Å². The van der Waals surface area contributed by atoms with E-state index in [9.17, 15) is 0 Å². The molecule has 3 nitrogen and oxygen atoms in total. The van der Waals surface area contributed by atoms with Crippen molar-refractivity contribution in [3.63, 3.8) is 0 Å². The van der Waals surface area contributed by atoms with Crippen LogP contribution < -0.4 is 5.73 Å². The Morgan fingerprint density at radius 1 is 1.50 bits per heavy atom. The van der Waals surface area contributed by atoms with Gasteiger partial charge in [-0.3, -0.25) is 0 Å². The van der Waals surface area contributed by atoms with Crippen LogP contribution in [-0.4, -0.2) is 9.55 Å². The molecular weight excluding hydrogens is 270 g/mol. The van der Waals surface area contributed by atoms with Crippen LogP contribution in [0.25, 0.3) is 11.3 Å². The van der Waals surface area contributed by atoms with Crippen molar-refractivity contribution < 1.29 is 0 Å². The molecule has 1 fully saturated rings. The summed E-state index contributed by atoms with van der Waals surface area (Å²) < 4.78 is 2.08. The average molecular weight is 288 g/mol. The Morgan fingerprint density at radius 3 is 2.85 bits per heavy atom. The summed E-state index contributed by atoms with van der Waals surface area (Å²) in [5, 5.41) is 0.734. The van der Waals surface area contributed by atoms with E-state index in [4.69, 9.17) is 22.3 Å². The van der Waals surface area contributed by atoms with Gasteiger partial charge in [-0.05, 0) is 37.5 Å². The van der Waals surface area contributed by atoms with Crippen molar-refractivity contribution in [3.05, 3.63) is 47.3 Å². The molecule has 1 aliphatic rings. The molecule has 2 aromatic rings. The van der Waals surface area contributed by atoms with Gasteiger partial charge in [-0.25, -0.2) is 4.98 Å². The van der Waals surface area contributed by atoms with Crippen LogP contribution in [0.3, 0.4) is 0 Å². The maximum Gasteiger partial charge on any atom is 0.132 e. The van der Waals surface area contributed by atoms with Crippen molar-refractivity contribution in [2.45, 2.75) is 32.2 Å². The van der Waals surface area contributed by atoms with E-state index >= 15 is 0 Å². The number of imidazole rings is 1. The van der Waals surface area contributed by atoms with E-state index in [0.717, 1.165) is 33.5 Å². The van der Waals surface area contributed by atoms with Crippen molar-refractivity contribution in [2.75, 3.05) is 5.73 Å². The monoisotopic (exact) mass is 287 g/mol. The quantitative estimate of drug-likeness (QED) is 0.858. The van der Waals surface area contributed by atoms with Gasteiger partial charge in [-0.15, -0.1) is 6.58 Å². The molecule has 1 aromatic carbocycles. The number of aryl methyl sites for hydroxylation is 1. The molecule has 0 radical (unpaired) electrons. The fraction of sp³-hybridized carbons (Fsp3) is 0.312. The fourth-order valence-corrected chi connectivity index (χ4v) is 2.78. The first-order valence-electron chi connectivity index (χ1n) is 6.85. The molecule has 1 aliphatic carbocycles. The SMILES string of the molecule is C=CCn1c(C2CC2)nc(-c2ccc(Cl)cc2C)c1N. The molecule has 1 saturated carbocycles. The molecule has 3 rings (SSSR count). The van der Waals surface area contributed by atoms with Gasteiger partial charge in [0.15, 0.2) is 0 Å². The van der Waals surface area contributed by atoms with Crippen molar-refractivity contribution in [1.82, 2.24) is 9.55 Å². The highest BCUT2D eigenvalue weighted by molar-refractivity contribution is 6.30. The lowest BCUT2D eigenvalue weighted by atomic mass is 10.1. The zero-order chi connectivity index (χ0) is 14.3. The predicted octanol–water partition coefficient (Wildman–Crippen LogP) is 4.16. The van der Waals surface area contributed by atoms with Crippen LogP contribution in [0.2, 0.25) is 5.02 Å². The van der Waals surface area contributed by atoms with E-state index < -0.39 is 0 Å². The fourth-order valence-electron chi connectivity index (χ4n) is 2.55. The zero-order valence-electron chi connectivity index (χ0n) is 11.6. The van der Waals surface area contributed by atoms with Gasteiger partial charge < -0.3 is 10.3 Å². The number of nitrogens with two attached hydrogens (primary N) is 1. The Balaban J connectivity index is 2.13. The Hall–Kier alpha value is -1.74. The van der Waals surface area contributed by atoms with Gasteiger partial charge in [0.2, 0.25) is 0 Å². The molecule has 20 heavy (non-hydrogen) atoms. The number of anilines is 1. The smallest absolute Gasteiger partial charge is 0.132 e. The number of rotatable bonds is 4. The highest BCUT2D eigenvalue weighted by atomic mass is 35.5. The van der Waals surface area contributed by atoms with Gasteiger partial charge in [-0.1, -0.05) is 23.7 Å². The number of aromatic nitrogens is 2. The number of hydrogen-bond acceptors (Lipinski definition) is 2. The summed E-state index contributed by atoms with van der Waals surface area (Å²) in [5.41, 5.74) is 9.32. The summed E-state index contributed by atoms with van der Waals surface area (Å²) in [6.07, 6.45) is 4.27. The molecule has 4 heteroatoms. The average Bonchev–Trinajstić information content (AvgIpc) is 3.19. The first-order valence-corrected chi connectivity index (χ1v) is 7.23. The largest absolute Gasteiger partial charge is 0.383 e. The number of allylic oxidation sites excluding steroid dienone is 1. The van der Waals surface area contributed by atoms with E-state index in [1.54, 1.807) is 0 Å². The molecular formula is C16H18ClN3. The van der Waals surface area contributed by atoms with Gasteiger partial charge in [-0.2, -0.15) is 0 Å². The minimum absolute atomic E-state index is 0.554. The van der Waals surface area contributed by atoms with Gasteiger partial charge in [0.25, 0.3) is 0 Å². The highest BCUT2D eigenvalue weighted by Gasteiger charge is 2.30. The summed E-state index contributed by atoms with van der Waals surface area (Å²) in [6, 6.07) is 5.82. The lowest BCUT2D eigenvalue weighted by Gasteiger charge is -2.07. The van der Waals surface area contributed by atoms with Crippen LogP contribution in [0.1, 0.15) is 30.1 Å². The normalized spacial score (nSPS) is 14.5. The van der Waals surface area contributed by atoms with Gasteiger partial charge in [0.1, 0.15) is 17.3 Å². The van der Waals surface area contributed by atoms with E-state index in [0.29, 0.717) is 12.5 Å². The van der Waals surface area contributed by atoms with Gasteiger partial charge in [0.05, 0.1) is 0 Å². The molecule has 0 saturated heterocycles. The van der Waals surface area contributed by atoms with Gasteiger partial charge in [0, 0.05) is 23.0 Å². The second-order valence-electron chi connectivity index (χ2n) is 5.34. The van der Waals surface area contributed by atoms with Crippen molar-refractivity contribution in [3.8, 4) is 11.3 Å². The molecule has 1 aromatic heterocycles. The van der Waals surface area contributed by atoms with Crippen molar-refractivity contribution >= 4 is 17.4 Å². The summed E-state index contributed by atoms with van der Waals surface area (Å²) in [7, 11) is 0. The second kappa shape index (κ2) is 4.98. The minimum atomic E-state index is 0.554. The number of benzene rings is 1. The third-order valence-electron chi connectivity index (χ3n) is 3.73. The minimum Gasteiger partial charge on any atom is -0.383 e. The third kappa shape index (κ3) is 2.22. The Labute approximate surface area is 124 Å². The van der Waals surface area contributed by atoms with Crippen LogP contribution in [-0.2, 0) is 6.54 Å². The van der Waals surface area contributed by atoms with Crippen LogP contribution in [0.15, 0.2) is 30.9 Å². The zero-order valence-corrected chi connectivity index (χ0v) is 12.3. The molecule has 0 atom stereocenters. The first kappa shape index (κ1) is 13.3. The summed E-state index contributed by atoms with van der Waals surface area (Å²) in [5.74, 6) is 2.36. The third-order valence-corrected chi connectivity index (χ3v) is 3.97. The second-order valence-corrected chi connectivity index (χ2v) is 5.77. The lowest BCUT2D eigenvalue weighted by Crippen LogP contribution is -2.05. The van der Waals surface area contributed by atoms with Crippen LogP contribution in [0.4, 0.5) is 5.82 Å². The van der Waals surface area contributed by atoms with E-state index in [1.165, 1.54) is 12.8 Å². The lowest BCUT2D eigenvalue weighted by molar-refractivity contribution is 0.750. The number of hydrogen-bond donors (Lipinski definition) is 1. The maximum absolute atomic E-state index is 6.31. The molecule has 0 amide bonds. The predicted molar refractivity (Wildman–Crippen MR) is 84.0 cm³/mol. The molecule has 0 spiro atoms. The summed E-state index contributed by atoms with van der Waals surface area (Å²) in [4.78, 5) is 4.80.